The molecule has 0 saturated heterocycles. The van der Waals surface area contributed by atoms with E-state index in [9.17, 15) is 9.18 Å². The van der Waals surface area contributed by atoms with E-state index in [0.717, 1.165) is 25.3 Å². The number of amides is 1. The fourth-order valence-corrected chi connectivity index (χ4v) is 2.68. The average Bonchev–Trinajstić information content (AvgIpc) is 2.33. The van der Waals surface area contributed by atoms with E-state index in [1.165, 1.54) is 12.5 Å². The predicted octanol–water partition coefficient (Wildman–Crippen LogP) is 3.54. The van der Waals surface area contributed by atoms with E-state index in [-0.39, 0.29) is 22.4 Å². The molecule has 0 aromatic heterocycles. The number of ether oxygens (including phenoxy) is 1. The Morgan fingerprint density at radius 1 is 1.47 bits per heavy atom. The van der Waals surface area contributed by atoms with Crippen molar-refractivity contribution in [1.82, 2.24) is 0 Å². The molecule has 104 valence electrons. The minimum Gasteiger partial charge on any atom is -0.489 e. The van der Waals surface area contributed by atoms with Gasteiger partial charge < -0.3 is 10.5 Å². The molecule has 1 aromatic rings. The van der Waals surface area contributed by atoms with Crippen molar-refractivity contribution in [2.24, 2.45) is 11.7 Å². The van der Waals surface area contributed by atoms with Crippen LogP contribution in [0.2, 0.25) is 5.02 Å². The van der Waals surface area contributed by atoms with Crippen molar-refractivity contribution in [2.45, 2.75) is 38.7 Å². The summed E-state index contributed by atoms with van der Waals surface area (Å²) >= 11 is 6.00. The molecule has 0 bridgehead atoms. The molecule has 0 radical (unpaired) electrons. The Hall–Kier alpha value is -1.29. The lowest BCUT2D eigenvalue weighted by Gasteiger charge is -2.27. The maximum Gasteiger partial charge on any atom is 0.251 e. The summed E-state index contributed by atoms with van der Waals surface area (Å²) in [5.74, 6) is -0.650. The zero-order valence-corrected chi connectivity index (χ0v) is 11.5. The molecule has 1 saturated carbocycles. The third-order valence-electron chi connectivity index (χ3n) is 3.47. The number of nitrogens with two attached hydrogens (primary N) is 1. The van der Waals surface area contributed by atoms with Crippen molar-refractivity contribution in [1.29, 1.82) is 0 Å². The minimum absolute atomic E-state index is 0.0556. The van der Waals surface area contributed by atoms with E-state index < -0.39 is 11.7 Å². The monoisotopic (exact) mass is 285 g/mol. The molecular weight excluding hydrogens is 269 g/mol. The summed E-state index contributed by atoms with van der Waals surface area (Å²) < 4.78 is 19.4. The van der Waals surface area contributed by atoms with Gasteiger partial charge >= 0.3 is 0 Å². The quantitative estimate of drug-likeness (QED) is 0.923. The van der Waals surface area contributed by atoms with Crippen LogP contribution in [0.25, 0.3) is 0 Å². The lowest BCUT2D eigenvalue weighted by Crippen LogP contribution is -2.24. The SMILES string of the molecule is CC1CCCC(Oc2cc(F)c(C(N)=O)cc2Cl)C1. The maximum atomic E-state index is 13.7. The molecule has 2 unspecified atom stereocenters. The molecule has 0 spiro atoms. The van der Waals surface area contributed by atoms with Crippen LogP contribution in [0.3, 0.4) is 0 Å². The van der Waals surface area contributed by atoms with Crippen LogP contribution >= 0.6 is 11.6 Å². The molecular formula is C14H17ClFNO2. The molecule has 2 atom stereocenters. The number of primary amides is 1. The van der Waals surface area contributed by atoms with Crippen molar-refractivity contribution in [3.8, 4) is 5.75 Å². The Morgan fingerprint density at radius 2 is 2.21 bits per heavy atom. The highest BCUT2D eigenvalue weighted by atomic mass is 35.5. The van der Waals surface area contributed by atoms with Gasteiger partial charge in [0, 0.05) is 6.07 Å². The Kier molecular flexibility index (Phi) is 4.30. The van der Waals surface area contributed by atoms with Gasteiger partial charge in [-0.25, -0.2) is 4.39 Å². The highest BCUT2D eigenvalue weighted by Gasteiger charge is 2.22. The summed E-state index contributed by atoms with van der Waals surface area (Å²) in [6.45, 7) is 2.17. The van der Waals surface area contributed by atoms with Gasteiger partial charge in [0.15, 0.2) is 0 Å². The molecule has 3 nitrogen and oxygen atoms in total. The lowest BCUT2D eigenvalue weighted by atomic mass is 9.89. The van der Waals surface area contributed by atoms with Crippen LogP contribution in [-0.2, 0) is 0 Å². The molecule has 1 amide bonds. The summed E-state index contributed by atoms with van der Waals surface area (Å²) in [7, 11) is 0. The summed E-state index contributed by atoms with van der Waals surface area (Å²) in [6.07, 6.45) is 4.24. The molecule has 2 N–H and O–H groups in total. The maximum absolute atomic E-state index is 13.7. The molecule has 1 fully saturated rings. The van der Waals surface area contributed by atoms with E-state index in [2.05, 4.69) is 6.92 Å². The van der Waals surface area contributed by atoms with Crippen LogP contribution < -0.4 is 10.5 Å². The number of carbonyl (C=O) groups is 1. The van der Waals surface area contributed by atoms with Crippen LogP contribution in [0.1, 0.15) is 43.0 Å². The summed E-state index contributed by atoms with van der Waals surface area (Å²) in [5.41, 5.74) is 4.84. The van der Waals surface area contributed by atoms with Crippen molar-refractivity contribution >= 4 is 17.5 Å². The van der Waals surface area contributed by atoms with Gasteiger partial charge in [0.05, 0.1) is 16.7 Å². The van der Waals surface area contributed by atoms with Crippen LogP contribution in [0.4, 0.5) is 4.39 Å². The van der Waals surface area contributed by atoms with Crippen molar-refractivity contribution in [2.75, 3.05) is 0 Å². The van der Waals surface area contributed by atoms with Crippen LogP contribution in [0, 0.1) is 11.7 Å². The van der Waals surface area contributed by atoms with Crippen LogP contribution in [0.15, 0.2) is 12.1 Å². The van der Waals surface area contributed by atoms with Crippen LogP contribution in [0.5, 0.6) is 5.75 Å². The summed E-state index contributed by atoms with van der Waals surface area (Å²) in [6, 6.07) is 2.36. The highest BCUT2D eigenvalue weighted by molar-refractivity contribution is 6.32. The van der Waals surface area contributed by atoms with Gasteiger partial charge in [-0.05, 0) is 31.2 Å². The molecule has 1 aliphatic carbocycles. The number of rotatable bonds is 3. The smallest absolute Gasteiger partial charge is 0.251 e. The van der Waals surface area contributed by atoms with E-state index in [1.807, 2.05) is 0 Å². The Balaban J connectivity index is 2.16. The Morgan fingerprint density at radius 3 is 2.84 bits per heavy atom. The normalized spacial score (nSPS) is 23.1. The molecule has 1 aromatic carbocycles. The molecule has 19 heavy (non-hydrogen) atoms. The summed E-state index contributed by atoms with van der Waals surface area (Å²) in [5, 5.41) is 0.216. The van der Waals surface area contributed by atoms with Crippen molar-refractivity contribution in [3.63, 3.8) is 0 Å². The standard InChI is InChI=1S/C14H17ClFNO2/c1-8-3-2-4-9(5-8)19-13-7-12(16)10(14(17)18)6-11(13)15/h6-9H,2-5H2,1H3,(H2,17,18). The third kappa shape index (κ3) is 3.38. The van der Waals surface area contributed by atoms with Gasteiger partial charge in [-0.1, -0.05) is 24.9 Å². The zero-order chi connectivity index (χ0) is 14.0. The van der Waals surface area contributed by atoms with Crippen molar-refractivity contribution in [3.05, 3.63) is 28.5 Å². The van der Waals surface area contributed by atoms with E-state index in [1.54, 1.807) is 0 Å². The van der Waals surface area contributed by atoms with Gasteiger partial charge in [0.1, 0.15) is 11.6 Å². The first-order valence-electron chi connectivity index (χ1n) is 6.43. The van der Waals surface area contributed by atoms with Gasteiger partial charge in [-0.3, -0.25) is 4.79 Å². The first kappa shape index (κ1) is 14.1. The number of hydrogen-bond acceptors (Lipinski definition) is 2. The fraction of sp³-hybridized carbons (Fsp3) is 0.500. The number of hydrogen-bond donors (Lipinski definition) is 1. The molecule has 0 heterocycles. The van der Waals surface area contributed by atoms with E-state index in [4.69, 9.17) is 22.1 Å². The van der Waals surface area contributed by atoms with Gasteiger partial charge in [0.2, 0.25) is 0 Å². The fourth-order valence-electron chi connectivity index (χ4n) is 2.47. The topological polar surface area (TPSA) is 52.3 Å². The van der Waals surface area contributed by atoms with Gasteiger partial charge in [-0.15, -0.1) is 0 Å². The largest absolute Gasteiger partial charge is 0.489 e. The lowest BCUT2D eigenvalue weighted by molar-refractivity contribution is 0.0996. The number of carbonyl (C=O) groups excluding carboxylic acids is 1. The van der Waals surface area contributed by atoms with E-state index in [0.29, 0.717) is 5.92 Å². The minimum atomic E-state index is -0.836. The summed E-state index contributed by atoms with van der Waals surface area (Å²) in [4.78, 5) is 11.0. The Labute approximate surface area is 116 Å². The molecule has 5 heteroatoms. The van der Waals surface area contributed by atoms with Crippen molar-refractivity contribution < 1.29 is 13.9 Å². The van der Waals surface area contributed by atoms with Gasteiger partial charge in [0.25, 0.3) is 5.91 Å². The first-order chi connectivity index (χ1) is 8.97. The molecule has 1 aliphatic rings. The first-order valence-corrected chi connectivity index (χ1v) is 6.80. The zero-order valence-electron chi connectivity index (χ0n) is 10.8. The number of halogens is 2. The predicted molar refractivity (Wildman–Crippen MR) is 72.0 cm³/mol. The Bertz CT molecular complexity index is 493. The molecule has 0 aliphatic heterocycles. The van der Waals surface area contributed by atoms with Gasteiger partial charge in [-0.2, -0.15) is 0 Å². The second-order valence-corrected chi connectivity index (χ2v) is 5.55. The van der Waals surface area contributed by atoms with Crippen LogP contribution in [-0.4, -0.2) is 12.0 Å². The molecule has 2 rings (SSSR count). The van der Waals surface area contributed by atoms with E-state index >= 15 is 0 Å². The highest BCUT2D eigenvalue weighted by Crippen LogP contribution is 2.32. The second kappa shape index (κ2) is 5.78. The second-order valence-electron chi connectivity index (χ2n) is 5.14. The number of benzene rings is 1. The average molecular weight is 286 g/mol. The third-order valence-corrected chi connectivity index (χ3v) is 3.76.